The standard InChI is InChI=1S/C21H20ClNO5S2/c1-12(10-30-21(28)13-5-3-2-4-6-13)18(25)23-16(20(26)27)11-29-19(23)15-9-14(22)7-8-17(15)24/h2-9,12,16,19,24H,10-11H2,1H3,(H,26,27)/t12-,16+,19?/m1/s1. The zero-order valence-electron chi connectivity index (χ0n) is 16.0. The van der Waals surface area contributed by atoms with Gasteiger partial charge in [-0.05, 0) is 18.2 Å². The first-order valence-electron chi connectivity index (χ1n) is 9.16. The van der Waals surface area contributed by atoms with Crippen molar-refractivity contribution >= 4 is 52.1 Å². The number of hydrogen-bond acceptors (Lipinski definition) is 6. The number of hydrogen-bond donors (Lipinski definition) is 2. The average Bonchev–Trinajstić information content (AvgIpc) is 3.18. The summed E-state index contributed by atoms with van der Waals surface area (Å²) in [7, 11) is 0. The molecule has 0 aromatic heterocycles. The van der Waals surface area contributed by atoms with Gasteiger partial charge in [0.15, 0.2) is 0 Å². The summed E-state index contributed by atoms with van der Waals surface area (Å²) >= 11 is 8.33. The van der Waals surface area contributed by atoms with Crippen molar-refractivity contribution in [2.75, 3.05) is 11.5 Å². The third-order valence-electron chi connectivity index (χ3n) is 4.69. The molecule has 0 bridgehead atoms. The third kappa shape index (κ3) is 4.94. The maximum atomic E-state index is 13.2. The lowest BCUT2D eigenvalue weighted by Gasteiger charge is -2.30. The van der Waals surface area contributed by atoms with Gasteiger partial charge in [-0.3, -0.25) is 9.59 Å². The lowest BCUT2D eigenvalue weighted by Crippen LogP contribution is -2.45. The van der Waals surface area contributed by atoms with Crippen molar-refractivity contribution in [3.8, 4) is 5.75 Å². The quantitative estimate of drug-likeness (QED) is 0.657. The highest BCUT2D eigenvalue weighted by atomic mass is 35.5. The van der Waals surface area contributed by atoms with Gasteiger partial charge in [0.2, 0.25) is 11.0 Å². The topological polar surface area (TPSA) is 94.9 Å². The number of carbonyl (C=O) groups is 3. The molecule has 0 spiro atoms. The van der Waals surface area contributed by atoms with E-state index in [0.29, 0.717) is 16.1 Å². The van der Waals surface area contributed by atoms with E-state index in [1.807, 2.05) is 6.07 Å². The van der Waals surface area contributed by atoms with Gasteiger partial charge in [0.1, 0.15) is 17.2 Å². The Kier molecular flexibility index (Phi) is 7.33. The summed E-state index contributed by atoms with van der Waals surface area (Å²) < 4.78 is 0. The van der Waals surface area contributed by atoms with Crippen molar-refractivity contribution in [3.05, 3.63) is 64.7 Å². The maximum absolute atomic E-state index is 13.2. The molecule has 1 saturated heterocycles. The van der Waals surface area contributed by atoms with Gasteiger partial charge in [-0.2, -0.15) is 0 Å². The Morgan fingerprint density at radius 2 is 1.93 bits per heavy atom. The number of carboxylic acid groups (broad SMARTS) is 1. The van der Waals surface area contributed by atoms with Gasteiger partial charge >= 0.3 is 5.97 Å². The molecule has 0 aliphatic carbocycles. The number of nitrogens with zero attached hydrogens (tertiary/aromatic N) is 1. The fourth-order valence-electron chi connectivity index (χ4n) is 3.11. The molecule has 1 unspecified atom stereocenters. The summed E-state index contributed by atoms with van der Waals surface area (Å²) in [6, 6.07) is 12.2. The summed E-state index contributed by atoms with van der Waals surface area (Å²) in [6.07, 6.45) is 0. The summed E-state index contributed by atoms with van der Waals surface area (Å²) in [5, 5.41) is 19.4. The largest absolute Gasteiger partial charge is 0.508 e. The zero-order valence-corrected chi connectivity index (χ0v) is 18.4. The van der Waals surface area contributed by atoms with Gasteiger partial charge in [-0.1, -0.05) is 60.6 Å². The minimum Gasteiger partial charge on any atom is -0.508 e. The summed E-state index contributed by atoms with van der Waals surface area (Å²) in [4.78, 5) is 38.6. The molecule has 1 aliphatic rings. The Balaban J connectivity index is 1.78. The summed E-state index contributed by atoms with van der Waals surface area (Å²) in [6.45, 7) is 1.67. The van der Waals surface area contributed by atoms with E-state index in [9.17, 15) is 24.6 Å². The smallest absolute Gasteiger partial charge is 0.327 e. The second kappa shape index (κ2) is 9.76. The molecular formula is C21H20ClNO5S2. The molecule has 2 N–H and O–H groups in total. The fourth-order valence-corrected chi connectivity index (χ4v) is 5.59. The Morgan fingerprint density at radius 1 is 1.23 bits per heavy atom. The van der Waals surface area contributed by atoms with Gasteiger partial charge in [0.25, 0.3) is 0 Å². The molecule has 30 heavy (non-hydrogen) atoms. The SMILES string of the molecule is C[C@H](CSC(=O)c1ccccc1)C(=O)N1C(c2cc(Cl)ccc2O)SC[C@H]1C(=O)O. The number of aromatic hydroxyl groups is 1. The van der Waals surface area contributed by atoms with Crippen LogP contribution in [-0.2, 0) is 9.59 Å². The van der Waals surface area contributed by atoms with E-state index in [-0.39, 0.29) is 28.3 Å². The predicted octanol–water partition coefficient (Wildman–Crippen LogP) is 4.28. The number of carbonyl (C=O) groups excluding carboxylic acids is 2. The average molecular weight is 466 g/mol. The molecule has 9 heteroatoms. The number of phenols is 1. The molecule has 3 rings (SSSR count). The van der Waals surface area contributed by atoms with Crippen LogP contribution in [0.1, 0.15) is 28.2 Å². The van der Waals surface area contributed by atoms with Crippen LogP contribution in [0.25, 0.3) is 0 Å². The van der Waals surface area contributed by atoms with Crippen LogP contribution in [0, 0.1) is 5.92 Å². The van der Waals surface area contributed by atoms with Crippen molar-refractivity contribution in [1.29, 1.82) is 0 Å². The van der Waals surface area contributed by atoms with E-state index in [1.54, 1.807) is 31.2 Å². The first kappa shape index (κ1) is 22.5. The molecule has 6 nitrogen and oxygen atoms in total. The first-order valence-corrected chi connectivity index (χ1v) is 11.6. The van der Waals surface area contributed by atoms with E-state index in [1.165, 1.54) is 34.9 Å². The van der Waals surface area contributed by atoms with Gasteiger partial charge < -0.3 is 15.1 Å². The maximum Gasteiger partial charge on any atom is 0.327 e. The fraction of sp³-hybridized carbons (Fsp3) is 0.286. The van der Waals surface area contributed by atoms with E-state index >= 15 is 0 Å². The first-order chi connectivity index (χ1) is 14.3. The number of thioether (sulfide) groups is 2. The highest BCUT2D eigenvalue weighted by Crippen LogP contribution is 2.45. The monoisotopic (exact) mass is 465 g/mol. The van der Waals surface area contributed by atoms with Crippen molar-refractivity contribution in [2.24, 2.45) is 5.92 Å². The van der Waals surface area contributed by atoms with Crippen molar-refractivity contribution in [2.45, 2.75) is 18.3 Å². The second-order valence-electron chi connectivity index (χ2n) is 6.85. The molecule has 1 aliphatic heterocycles. The number of amides is 1. The van der Waals surface area contributed by atoms with Gasteiger partial charge in [-0.25, -0.2) is 4.79 Å². The van der Waals surface area contributed by atoms with E-state index in [4.69, 9.17) is 11.6 Å². The van der Waals surface area contributed by atoms with Crippen molar-refractivity contribution < 1.29 is 24.6 Å². The van der Waals surface area contributed by atoms with Gasteiger partial charge in [0.05, 0.1) is 0 Å². The summed E-state index contributed by atoms with van der Waals surface area (Å²) in [5.74, 6) is -1.73. The normalized spacial score (nSPS) is 19.5. The zero-order chi connectivity index (χ0) is 21.8. The lowest BCUT2D eigenvalue weighted by atomic mass is 10.1. The molecular weight excluding hydrogens is 446 g/mol. The molecule has 0 saturated carbocycles. The number of carboxylic acids is 1. The molecule has 158 valence electrons. The highest BCUT2D eigenvalue weighted by Gasteiger charge is 2.44. The Hall–Kier alpha value is -2.16. The van der Waals surface area contributed by atoms with Crippen LogP contribution in [0.15, 0.2) is 48.5 Å². The molecule has 1 amide bonds. The molecule has 2 aromatic carbocycles. The van der Waals surface area contributed by atoms with Crippen LogP contribution in [-0.4, -0.2) is 49.7 Å². The van der Waals surface area contributed by atoms with Crippen LogP contribution < -0.4 is 0 Å². The van der Waals surface area contributed by atoms with Crippen LogP contribution in [0.5, 0.6) is 5.75 Å². The van der Waals surface area contributed by atoms with E-state index < -0.39 is 23.3 Å². The Labute approximate surface area is 187 Å². The third-order valence-corrected chi connectivity index (χ3v) is 7.40. The second-order valence-corrected chi connectivity index (χ2v) is 9.40. The molecule has 3 atom stereocenters. The van der Waals surface area contributed by atoms with Gasteiger partial charge in [-0.15, -0.1) is 11.8 Å². The van der Waals surface area contributed by atoms with Crippen LogP contribution >= 0.6 is 35.1 Å². The van der Waals surface area contributed by atoms with Crippen LogP contribution in [0.3, 0.4) is 0 Å². The number of halogens is 1. The number of rotatable bonds is 6. The molecule has 1 fully saturated rings. The number of benzene rings is 2. The van der Waals surface area contributed by atoms with E-state index in [0.717, 1.165) is 11.8 Å². The number of aliphatic carboxylic acids is 1. The molecule has 2 aromatic rings. The number of phenolic OH excluding ortho intramolecular Hbond substituents is 1. The van der Waals surface area contributed by atoms with Crippen molar-refractivity contribution in [1.82, 2.24) is 4.90 Å². The minimum absolute atomic E-state index is 0.0537. The molecule has 1 heterocycles. The van der Waals surface area contributed by atoms with Gasteiger partial charge in [0, 0.05) is 33.6 Å². The molecule has 0 radical (unpaired) electrons. The highest BCUT2D eigenvalue weighted by molar-refractivity contribution is 8.14. The summed E-state index contributed by atoms with van der Waals surface area (Å²) in [5.41, 5.74) is 0.939. The minimum atomic E-state index is -1.11. The Bertz CT molecular complexity index is 956. The van der Waals surface area contributed by atoms with E-state index in [2.05, 4.69) is 0 Å². The van der Waals surface area contributed by atoms with Crippen LogP contribution in [0.4, 0.5) is 0 Å². The lowest BCUT2D eigenvalue weighted by molar-refractivity contribution is -0.150. The van der Waals surface area contributed by atoms with Crippen LogP contribution in [0.2, 0.25) is 5.02 Å². The predicted molar refractivity (Wildman–Crippen MR) is 119 cm³/mol. The van der Waals surface area contributed by atoms with Crippen molar-refractivity contribution in [3.63, 3.8) is 0 Å². The Morgan fingerprint density at radius 3 is 2.60 bits per heavy atom.